The molecule has 0 saturated carbocycles. The molecule has 156 valence electrons. The molecule has 2 N–H and O–H groups in total. The Morgan fingerprint density at radius 1 is 1.31 bits per heavy atom. The molecule has 0 saturated heterocycles. The maximum absolute atomic E-state index is 11.5. The highest BCUT2D eigenvalue weighted by molar-refractivity contribution is 5.83. The third-order valence-electron chi connectivity index (χ3n) is 3.96. The number of H-pyrrole nitrogens is 1. The number of nitrogens with zero attached hydrogens (tertiary/aromatic N) is 4. The van der Waals surface area contributed by atoms with Gasteiger partial charge in [0.05, 0.1) is 24.9 Å². The number of anilines is 1. The standard InChI is InChI=1S/C18H24N6O5/c1-4-5-6-7-8-29-16-14(24(26)27)9-13(10-15(16)28-3)11-19-22-18-20-17(25)12(2)21-23-18/h9-11H,4-8H2,1-3H3,(H2,20,22,23,25)/b19-11+. The summed E-state index contributed by atoms with van der Waals surface area (Å²) in [7, 11) is 1.41. The molecule has 1 aromatic carbocycles. The van der Waals surface area contributed by atoms with Crippen LogP contribution in [0.15, 0.2) is 22.0 Å². The van der Waals surface area contributed by atoms with Crippen LogP contribution < -0.4 is 20.5 Å². The highest BCUT2D eigenvalue weighted by atomic mass is 16.6. The first kappa shape index (κ1) is 21.8. The molecular formula is C18H24N6O5. The fourth-order valence-electron chi connectivity index (χ4n) is 2.43. The van der Waals surface area contributed by atoms with Crippen molar-refractivity contribution in [3.05, 3.63) is 43.9 Å². The molecule has 11 nitrogen and oxygen atoms in total. The monoisotopic (exact) mass is 404 g/mol. The number of hydrogen-bond acceptors (Lipinski definition) is 9. The Balaban J connectivity index is 2.17. The second-order valence-corrected chi connectivity index (χ2v) is 6.20. The molecule has 0 radical (unpaired) electrons. The Morgan fingerprint density at radius 2 is 2.10 bits per heavy atom. The van der Waals surface area contributed by atoms with Gasteiger partial charge < -0.3 is 9.47 Å². The molecule has 0 aliphatic rings. The van der Waals surface area contributed by atoms with Gasteiger partial charge in [0.2, 0.25) is 11.7 Å². The van der Waals surface area contributed by atoms with Gasteiger partial charge in [-0.1, -0.05) is 26.2 Å². The second kappa shape index (κ2) is 10.7. The van der Waals surface area contributed by atoms with Gasteiger partial charge in [-0.2, -0.15) is 5.10 Å². The van der Waals surface area contributed by atoms with Gasteiger partial charge in [-0.25, -0.2) is 5.43 Å². The van der Waals surface area contributed by atoms with Crippen LogP contribution in [-0.4, -0.2) is 40.0 Å². The number of aryl methyl sites for hydroxylation is 1. The fraction of sp³-hybridized carbons (Fsp3) is 0.444. The summed E-state index contributed by atoms with van der Waals surface area (Å²) in [6.07, 6.45) is 5.31. The van der Waals surface area contributed by atoms with Crippen LogP contribution in [0.1, 0.15) is 43.9 Å². The number of nitrogens with one attached hydrogen (secondary N) is 2. The maximum Gasteiger partial charge on any atom is 0.315 e. The van der Waals surface area contributed by atoms with Crippen LogP contribution >= 0.6 is 0 Å². The zero-order valence-electron chi connectivity index (χ0n) is 16.6. The summed E-state index contributed by atoms with van der Waals surface area (Å²) in [6.45, 7) is 4.00. The number of hydrogen-bond donors (Lipinski definition) is 2. The molecule has 0 aliphatic heterocycles. The van der Waals surface area contributed by atoms with Gasteiger partial charge in [0, 0.05) is 11.6 Å². The van der Waals surface area contributed by atoms with Crippen molar-refractivity contribution in [3.63, 3.8) is 0 Å². The second-order valence-electron chi connectivity index (χ2n) is 6.20. The molecule has 1 heterocycles. The highest BCUT2D eigenvalue weighted by Gasteiger charge is 2.22. The van der Waals surface area contributed by atoms with Crippen molar-refractivity contribution in [3.8, 4) is 11.5 Å². The summed E-state index contributed by atoms with van der Waals surface area (Å²) in [5.74, 6) is 0.373. The number of ether oxygens (including phenoxy) is 2. The summed E-state index contributed by atoms with van der Waals surface area (Å²) < 4.78 is 10.9. The molecule has 29 heavy (non-hydrogen) atoms. The van der Waals surface area contributed by atoms with E-state index in [1.165, 1.54) is 26.3 Å². The van der Waals surface area contributed by atoms with Gasteiger partial charge in [0.15, 0.2) is 5.75 Å². The molecule has 0 fully saturated rings. The number of aromatic amines is 1. The predicted molar refractivity (Wildman–Crippen MR) is 108 cm³/mol. The molecule has 2 rings (SSSR count). The van der Waals surface area contributed by atoms with E-state index in [1.54, 1.807) is 6.07 Å². The summed E-state index contributed by atoms with van der Waals surface area (Å²) in [5.41, 5.74) is 2.53. The zero-order chi connectivity index (χ0) is 21.2. The van der Waals surface area contributed by atoms with E-state index in [1.807, 2.05) is 0 Å². The lowest BCUT2D eigenvalue weighted by Gasteiger charge is -2.12. The average Bonchev–Trinajstić information content (AvgIpc) is 2.70. The SMILES string of the molecule is CCCCCCOc1c(OC)cc(/C=N/Nc2nnc(C)c(=O)[nH]2)cc1[N+](=O)[O-]. The summed E-state index contributed by atoms with van der Waals surface area (Å²) in [5, 5.41) is 22.8. The van der Waals surface area contributed by atoms with Gasteiger partial charge in [0.1, 0.15) is 5.69 Å². The molecule has 0 bridgehead atoms. The van der Waals surface area contributed by atoms with Crippen LogP contribution in [0.25, 0.3) is 0 Å². The van der Waals surface area contributed by atoms with E-state index in [4.69, 9.17) is 9.47 Å². The smallest absolute Gasteiger partial charge is 0.315 e. The van der Waals surface area contributed by atoms with Crippen LogP contribution in [0.5, 0.6) is 11.5 Å². The van der Waals surface area contributed by atoms with Gasteiger partial charge in [-0.3, -0.25) is 19.9 Å². The van der Waals surface area contributed by atoms with Crippen molar-refractivity contribution < 1.29 is 14.4 Å². The number of nitro groups is 1. The first-order valence-corrected chi connectivity index (χ1v) is 9.18. The Kier molecular flexibility index (Phi) is 8.07. The van der Waals surface area contributed by atoms with Crippen molar-refractivity contribution in [2.45, 2.75) is 39.5 Å². The highest BCUT2D eigenvalue weighted by Crippen LogP contribution is 2.38. The molecule has 0 aliphatic carbocycles. The number of nitro benzene ring substituents is 1. The quantitative estimate of drug-likeness (QED) is 0.252. The van der Waals surface area contributed by atoms with E-state index in [-0.39, 0.29) is 28.8 Å². The maximum atomic E-state index is 11.5. The van der Waals surface area contributed by atoms with E-state index in [0.717, 1.165) is 25.7 Å². The lowest BCUT2D eigenvalue weighted by Crippen LogP contribution is -2.15. The minimum atomic E-state index is -0.530. The van der Waals surface area contributed by atoms with Crippen LogP contribution in [0.4, 0.5) is 11.6 Å². The van der Waals surface area contributed by atoms with Crippen LogP contribution in [-0.2, 0) is 0 Å². The fourth-order valence-corrected chi connectivity index (χ4v) is 2.43. The van der Waals surface area contributed by atoms with Gasteiger partial charge in [-0.15, -0.1) is 10.2 Å². The molecule has 1 aromatic heterocycles. The van der Waals surface area contributed by atoms with Gasteiger partial charge >= 0.3 is 5.69 Å². The Labute approximate surface area is 167 Å². The van der Waals surface area contributed by atoms with E-state index in [0.29, 0.717) is 12.2 Å². The summed E-state index contributed by atoms with van der Waals surface area (Å²) in [4.78, 5) is 24.9. The largest absolute Gasteiger partial charge is 0.493 e. The molecule has 2 aromatic rings. The molecule has 11 heteroatoms. The van der Waals surface area contributed by atoms with Crippen molar-refractivity contribution >= 4 is 17.9 Å². The minimum absolute atomic E-state index is 0.0466. The van der Waals surface area contributed by atoms with Gasteiger partial charge in [0.25, 0.3) is 5.56 Å². The van der Waals surface area contributed by atoms with Crippen LogP contribution in [0, 0.1) is 17.0 Å². The number of hydrazone groups is 1. The Morgan fingerprint density at radius 3 is 2.76 bits per heavy atom. The normalized spacial score (nSPS) is 10.9. The molecule has 0 unspecified atom stereocenters. The number of unbranched alkanes of at least 4 members (excludes halogenated alkanes) is 3. The van der Waals surface area contributed by atoms with E-state index < -0.39 is 10.5 Å². The third-order valence-corrected chi connectivity index (χ3v) is 3.96. The van der Waals surface area contributed by atoms with Crippen LogP contribution in [0.2, 0.25) is 0 Å². The molecular weight excluding hydrogens is 380 g/mol. The van der Waals surface area contributed by atoms with E-state index in [9.17, 15) is 14.9 Å². The van der Waals surface area contributed by atoms with Crippen molar-refractivity contribution in [2.75, 3.05) is 19.1 Å². The zero-order valence-corrected chi connectivity index (χ0v) is 16.6. The number of aromatic nitrogens is 3. The van der Waals surface area contributed by atoms with Crippen molar-refractivity contribution in [1.29, 1.82) is 0 Å². The van der Waals surface area contributed by atoms with Crippen LogP contribution in [0.3, 0.4) is 0 Å². The summed E-state index contributed by atoms with van der Waals surface area (Å²) in [6, 6.07) is 2.90. The predicted octanol–water partition coefficient (Wildman–Crippen LogP) is 2.80. The number of rotatable bonds is 11. The molecule has 0 amide bonds. The number of benzene rings is 1. The lowest BCUT2D eigenvalue weighted by atomic mass is 10.1. The van der Waals surface area contributed by atoms with Crippen molar-refractivity contribution in [2.24, 2.45) is 5.10 Å². The topological polar surface area (TPSA) is 145 Å². The Bertz CT molecular complexity index is 927. The molecule has 0 spiro atoms. The van der Waals surface area contributed by atoms with Gasteiger partial charge in [-0.05, 0) is 19.4 Å². The first-order chi connectivity index (χ1) is 14.0. The minimum Gasteiger partial charge on any atom is -0.493 e. The molecule has 0 atom stereocenters. The summed E-state index contributed by atoms with van der Waals surface area (Å²) >= 11 is 0. The van der Waals surface area contributed by atoms with E-state index in [2.05, 4.69) is 32.6 Å². The third kappa shape index (κ3) is 6.26. The van der Waals surface area contributed by atoms with E-state index >= 15 is 0 Å². The average molecular weight is 404 g/mol. The first-order valence-electron chi connectivity index (χ1n) is 9.18. The lowest BCUT2D eigenvalue weighted by molar-refractivity contribution is -0.386. The Hall–Kier alpha value is -3.50. The number of methoxy groups -OCH3 is 1. The van der Waals surface area contributed by atoms with Crippen molar-refractivity contribution in [1.82, 2.24) is 15.2 Å².